The number of piperidine rings is 1. The third-order valence-corrected chi connectivity index (χ3v) is 6.02. The Kier molecular flexibility index (Phi) is 4.90. The van der Waals surface area contributed by atoms with Crippen molar-refractivity contribution in [3.8, 4) is 0 Å². The first-order valence-corrected chi connectivity index (χ1v) is 9.20. The highest BCUT2D eigenvalue weighted by Gasteiger charge is 2.32. The Hall–Kier alpha value is -0.540. The summed E-state index contributed by atoms with van der Waals surface area (Å²) in [5.74, 6) is 1.91. The molecule has 0 spiro atoms. The van der Waals surface area contributed by atoms with Crippen LogP contribution in [0.5, 0.6) is 0 Å². The van der Waals surface area contributed by atoms with Gasteiger partial charge in [-0.05, 0) is 56.3 Å². The molecule has 0 bridgehead atoms. The third kappa shape index (κ3) is 3.29. The number of rotatable bonds is 3. The monoisotopic (exact) mass is 350 g/mol. The van der Waals surface area contributed by atoms with Crippen LogP contribution in [0.4, 0.5) is 5.69 Å². The van der Waals surface area contributed by atoms with Crippen molar-refractivity contribution in [1.82, 2.24) is 5.32 Å². The number of nitrogens with zero attached hydrogens (tertiary/aromatic N) is 1. The molecule has 1 saturated heterocycles. The molecule has 1 saturated carbocycles. The molecular formula is C18H27BrN2. The summed E-state index contributed by atoms with van der Waals surface area (Å²) in [6, 6.07) is 7.15. The minimum atomic E-state index is 0.400. The third-order valence-electron chi connectivity index (χ3n) is 5.52. The van der Waals surface area contributed by atoms with Crippen LogP contribution in [-0.2, 0) is 0 Å². The number of benzene rings is 1. The van der Waals surface area contributed by atoms with E-state index in [2.05, 4.69) is 51.3 Å². The maximum absolute atomic E-state index is 3.66. The van der Waals surface area contributed by atoms with Crippen molar-refractivity contribution >= 4 is 21.6 Å². The lowest BCUT2D eigenvalue weighted by Gasteiger charge is -2.43. The normalized spacial score (nSPS) is 27.3. The zero-order valence-corrected chi connectivity index (χ0v) is 14.8. The second kappa shape index (κ2) is 6.70. The Bertz CT molecular complexity index is 488. The molecule has 0 aromatic heterocycles. The second-order valence-electron chi connectivity index (χ2n) is 6.75. The number of fused-ring (bicyclic) bond motifs is 1. The number of halogens is 1. The highest BCUT2D eigenvalue weighted by atomic mass is 79.9. The van der Waals surface area contributed by atoms with Gasteiger partial charge in [-0.1, -0.05) is 41.3 Å². The molecule has 3 unspecified atom stereocenters. The number of hydrogen-bond donors (Lipinski definition) is 1. The lowest BCUT2D eigenvalue weighted by atomic mass is 9.75. The average Bonchev–Trinajstić information content (AvgIpc) is 2.53. The van der Waals surface area contributed by atoms with Gasteiger partial charge in [0.05, 0.1) is 0 Å². The summed E-state index contributed by atoms with van der Waals surface area (Å²) >= 11 is 3.66. The number of anilines is 1. The highest BCUT2D eigenvalue weighted by molar-refractivity contribution is 9.10. The van der Waals surface area contributed by atoms with Gasteiger partial charge in [-0.2, -0.15) is 0 Å². The quantitative estimate of drug-likeness (QED) is 0.846. The molecule has 21 heavy (non-hydrogen) atoms. The van der Waals surface area contributed by atoms with Crippen molar-refractivity contribution in [2.75, 3.05) is 25.0 Å². The standard InChI is InChI=1S/C18H27BrN2/c1-13(20-2)17-8-7-16(19)11-18(17)21-10-9-14-5-3-4-6-15(14)12-21/h7-8,11,13-15,20H,3-6,9-10,12H2,1-2H3. The van der Waals surface area contributed by atoms with E-state index in [0.717, 1.165) is 11.8 Å². The van der Waals surface area contributed by atoms with Crippen LogP contribution in [0.1, 0.15) is 50.6 Å². The fourth-order valence-corrected chi connectivity index (χ4v) is 4.48. The topological polar surface area (TPSA) is 15.3 Å². The molecule has 116 valence electrons. The SMILES string of the molecule is CNC(C)c1ccc(Br)cc1N1CCC2CCCCC2C1. The summed E-state index contributed by atoms with van der Waals surface area (Å²) in [7, 11) is 2.05. The van der Waals surface area contributed by atoms with E-state index in [4.69, 9.17) is 0 Å². The molecule has 3 rings (SSSR count). The van der Waals surface area contributed by atoms with E-state index in [1.807, 2.05) is 7.05 Å². The van der Waals surface area contributed by atoms with E-state index in [9.17, 15) is 0 Å². The first-order valence-electron chi connectivity index (χ1n) is 8.40. The molecule has 1 heterocycles. The zero-order valence-electron chi connectivity index (χ0n) is 13.2. The van der Waals surface area contributed by atoms with Gasteiger partial charge >= 0.3 is 0 Å². The van der Waals surface area contributed by atoms with E-state index in [1.165, 1.54) is 60.9 Å². The lowest BCUT2D eigenvalue weighted by Crippen LogP contribution is -2.42. The van der Waals surface area contributed by atoms with Crippen molar-refractivity contribution in [2.24, 2.45) is 11.8 Å². The molecular weight excluding hydrogens is 324 g/mol. The molecule has 1 aliphatic heterocycles. The van der Waals surface area contributed by atoms with Crippen LogP contribution in [0.2, 0.25) is 0 Å². The maximum atomic E-state index is 3.66. The zero-order chi connectivity index (χ0) is 14.8. The molecule has 2 fully saturated rings. The van der Waals surface area contributed by atoms with E-state index < -0.39 is 0 Å². The van der Waals surface area contributed by atoms with Gasteiger partial charge in [0.1, 0.15) is 0 Å². The molecule has 1 aromatic rings. The first-order chi connectivity index (χ1) is 10.2. The summed E-state index contributed by atoms with van der Waals surface area (Å²) in [5, 5.41) is 3.39. The van der Waals surface area contributed by atoms with Crippen molar-refractivity contribution in [3.63, 3.8) is 0 Å². The fourth-order valence-electron chi connectivity index (χ4n) is 4.13. The summed E-state index contributed by atoms with van der Waals surface area (Å²) in [4.78, 5) is 2.64. The summed E-state index contributed by atoms with van der Waals surface area (Å²) in [5.41, 5.74) is 2.85. The number of hydrogen-bond acceptors (Lipinski definition) is 2. The maximum Gasteiger partial charge on any atom is 0.0426 e. The first kappa shape index (κ1) is 15.4. The number of nitrogens with one attached hydrogen (secondary N) is 1. The van der Waals surface area contributed by atoms with E-state index >= 15 is 0 Å². The van der Waals surface area contributed by atoms with Crippen molar-refractivity contribution in [3.05, 3.63) is 28.2 Å². The average molecular weight is 351 g/mol. The fraction of sp³-hybridized carbons (Fsp3) is 0.667. The minimum Gasteiger partial charge on any atom is -0.371 e. The Balaban J connectivity index is 1.84. The van der Waals surface area contributed by atoms with Crippen molar-refractivity contribution < 1.29 is 0 Å². The van der Waals surface area contributed by atoms with Crippen LogP contribution < -0.4 is 10.2 Å². The smallest absolute Gasteiger partial charge is 0.0426 e. The van der Waals surface area contributed by atoms with Gasteiger partial charge in [0.2, 0.25) is 0 Å². The minimum absolute atomic E-state index is 0.400. The molecule has 0 amide bonds. The molecule has 3 atom stereocenters. The van der Waals surface area contributed by atoms with Crippen molar-refractivity contribution in [1.29, 1.82) is 0 Å². The molecule has 2 aliphatic rings. The van der Waals surface area contributed by atoms with Crippen LogP contribution in [0.3, 0.4) is 0 Å². The molecule has 0 radical (unpaired) electrons. The van der Waals surface area contributed by atoms with Crippen LogP contribution in [0.25, 0.3) is 0 Å². The molecule has 3 heteroatoms. The Labute approximate surface area is 137 Å². The molecule has 1 N–H and O–H groups in total. The molecule has 2 nitrogen and oxygen atoms in total. The molecule has 1 aromatic carbocycles. The van der Waals surface area contributed by atoms with Gasteiger partial charge in [-0.3, -0.25) is 0 Å². The van der Waals surface area contributed by atoms with Gasteiger partial charge in [0.25, 0.3) is 0 Å². The Morgan fingerprint density at radius 3 is 2.71 bits per heavy atom. The van der Waals surface area contributed by atoms with Gasteiger partial charge in [-0.15, -0.1) is 0 Å². The van der Waals surface area contributed by atoms with Crippen LogP contribution in [0.15, 0.2) is 22.7 Å². The van der Waals surface area contributed by atoms with Crippen molar-refractivity contribution in [2.45, 2.75) is 45.1 Å². The predicted octanol–water partition coefficient (Wildman–Crippen LogP) is 4.75. The summed E-state index contributed by atoms with van der Waals surface area (Å²) in [6.07, 6.45) is 7.18. The van der Waals surface area contributed by atoms with E-state index in [-0.39, 0.29) is 0 Å². The van der Waals surface area contributed by atoms with Gasteiger partial charge in [-0.25, -0.2) is 0 Å². The summed E-state index contributed by atoms with van der Waals surface area (Å²) < 4.78 is 1.19. The van der Waals surface area contributed by atoms with Gasteiger partial charge < -0.3 is 10.2 Å². The Morgan fingerprint density at radius 2 is 1.95 bits per heavy atom. The lowest BCUT2D eigenvalue weighted by molar-refractivity contribution is 0.202. The van der Waals surface area contributed by atoms with E-state index in [1.54, 1.807) is 0 Å². The van der Waals surface area contributed by atoms with Crippen LogP contribution in [-0.4, -0.2) is 20.1 Å². The largest absolute Gasteiger partial charge is 0.371 e. The van der Waals surface area contributed by atoms with Crippen LogP contribution >= 0.6 is 15.9 Å². The van der Waals surface area contributed by atoms with Gasteiger partial charge in [0, 0.05) is 29.3 Å². The van der Waals surface area contributed by atoms with E-state index in [0.29, 0.717) is 6.04 Å². The predicted molar refractivity (Wildman–Crippen MR) is 93.9 cm³/mol. The Morgan fingerprint density at radius 1 is 1.19 bits per heavy atom. The molecule has 1 aliphatic carbocycles. The van der Waals surface area contributed by atoms with Crippen LogP contribution in [0, 0.1) is 11.8 Å². The second-order valence-corrected chi connectivity index (χ2v) is 7.67. The summed E-state index contributed by atoms with van der Waals surface area (Å²) in [6.45, 7) is 4.73. The highest BCUT2D eigenvalue weighted by Crippen LogP contribution is 2.39. The van der Waals surface area contributed by atoms with Gasteiger partial charge in [0.15, 0.2) is 0 Å².